The number of benzene rings is 1. The van der Waals surface area contributed by atoms with Gasteiger partial charge in [-0.1, -0.05) is 12.1 Å². The van der Waals surface area contributed by atoms with E-state index < -0.39 is 5.97 Å². The summed E-state index contributed by atoms with van der Waals surface area (Å²) in [6.45, 7) is 6.68. The van der Waals surface area contributed by atoms with Crippen molar-refractivity contribution in [1.29, 1.82) is 0 Å². The van der Waals surface area contributed by atoms with Crippen LogP contribution in [0.5, 0.6) is 0 Å². The molecular formula is C16H18LiN3O4. The number of aromatic nitrogens is 1. The van der Waals surface area contributed by atoms with Gasteiger partial charge in [0.1, 0.15) is 5.52 Å². The molecule has 2 heterocycles. The third kappa shape index (κ3) is 3.14. The summed E-state index contributed by atoms with van der Waals surface area (Å²) < 4.78 is 5.76. The van der Waals surface area contributed by atoms with E-state index in [1.54, 1.807) is 24.0 Å². The van der Waals surface area contributed by atoms with E-state index >= 15 is 0 Å². The number of rotatable bonds is 2. The Morgan fingerprint density at radius 2 is 1.88 bits per heavy atom. The summed E-state index contributed by atoms with van der Waals surface area (Å²) >= 11 is 0. The van der Waals surface area contributed by atoms with Gasteiger partial charge in [-0.05, 0) is 19.9 Å². The minimum Gasteiger partial charge on any atom is -0.545 e. The molecule has 1 amide bonds. The van der Waals surface area contributed by atoms with Crippen molar-refractivity contribution in [1.82, 2.24) is 9.88 Å². The van der Waals surface area contributed by atoms with Crippen LogP contribution in [-0.4, -0.2) is 46.9 Å². The Labute approximate surface area is 151 Å². The number of oxazole rings is 1. The number of anilines is 1. The van der Waals surface area contributed by atoms with E-state index in [1.807, 2.05) is 18.7 Å². The number of carbonyl (C=O) groups excluding carboxylic acids is 2. The first kappa shape index (κ1) is 18.4. The molecule has 0 spiro atoms. The van der Waals surface area contributed by atoms with Crippen molar-refractivity contribution in [2.75, 3.05) is 18.0 Å². The van der Waals surface area contributed by atoms with E-state index in [0.717, 1.165) is 0 Å². The molecule has 8 heteroatoms. The van der Waals surface area contributed by atoms with E-state index in [9.17, 15) is 14.7 Å². The molecule has 122 valence electrons. The molecule has 0 saturated carbocycles. The van der Waals surface area contributed by atoms with E-state index in [-0.39, 0.29) is 47.9 Å². The Balaban J connectivity index is 0.00000208. The number of nitrogens with zero attached hydrogens (tertiary/aromatic N) is 3. The van der Waals surface area contributed by atoms with Crippen LogP contribution < -0.4 is 28.9 Å². The molecule has 0 aliphatic carbocycles. The Bertz CT molecular complexity index is 764. The molecule has 7 nitrogen and oxygen atoms in total. The zero-order valence-electron chi connectivity index (χ0n) is 14.3. The van der Waals surface area contributed by atoms with Gasteiger partial charge in [0.15, 0.2) is 5.58 Å². The molecule has 1 fully saturated rings. The molecule has 1 aromatic heterocycles. The summed E-state index contributed by atoms with van der Waals surface area (Å²) in [7, 11) is 0. The van der Waals surface area contributed by atoms with Gasteiger partial charge >= 0.3 is 18.9 Å². The molecule has 24 heavy (non-hydrogen) atoms. The molecule has 0 radical (unpaired) electrons. The normalized spacial score (nSPS) is 20.8. The maximum absolute atomic E-state index is 11.6. The average molecular weight is 323 g/mol. The van der Waals surface area contributed by atoms with Crippen molar-refractivity contribution < 1.29 is 38.0 Å². The van der Waals surface area contributed by atoms with Gasteiger partial charge in [0.2, 0.25) is 5.91 Å². The van der Waals surface area contributed by atoms with Gasteiger partial charge in [-0.3, -0.25) is 4.79 Å². The number of carbonyl (C=O) groups is 2. The first-order valence-electron chi connectivity index (χ1n) is 7.53. The summed E-state index contributed by atoms with van der Waals surface area (Å²) in [4.78, 5) is 30.9. The Hall–Kier alpha value is -1.97. The van der Waals surface area contributed by atoms with Crippen molar-refractivity contribution in [2.45, 2.75) is 32.9 Å². The van der Waals surface area contributed by atoms with Crippen LogP contribution in [0, 0.1) is 0 Å². The van der Waals surface area contributed by atoms with Crippen LogP contribution in [0.3, 0.4) is 0 Å². The minimum atomic E-state index is -1.28. The number of fused-ring (bicyclic) bond motifs is 1. The fourth-order valence-electron chi connectivity index (χ4n) is 3.17. The van der Waals surface area contributed by atoms with Crippen molar-refractivity contribution in [2.24, 2.45) is 0 Å². The average Bonchev–Trinajstić information content (AvgIpc) is 2.89. The third-order valence-corrected chi connectivity index (χ3v) is 4.21. The van der Waals surface area contributed by atoms with Gasteiger partial charge in [0.05, 0.1) is 5.97 Å². The second kappa shape index (κ2) is 6.87. The van der Waals surface area contributed by atoms with Crippen molar-refractivity contribution >= 4 is 29.0 Å². The topological polar surface area (TPSA) is 89.7 Å². The predicted octanol–water partition coefficient (Wildman–Crippen LogP) is -2.36. The fourth-order valence-corrected chi connectivity index (χ4v) is 3.17. The number of amides is 1. The largest absolute Gasteiger partial charge is 1.00 e. The Morgan fingerprint density at radius 3 is 2.42 bits per heavy atom. The standard InChI is InChI=1S/C16H19N3O4.Li/c1-9-7-18(11(3)20)8-10(2)19(9)16-17-14-12(15(21)22)5-4-6-13(14)23-16;/h4-6,9-10H,7-8H2,1-3H3,(H,21,22);/q;+1/p-1/t9-,10-;/m0./s1. The zero-order chi connectivity index (χ0) is 16.7. The summed E-state index contributed by atoms with van der Waals surface area (Å²) in [5.41, 5.74) is 0.714. The number of carboxylic acids is 1. The molecule has 1 saturated heterocycles. The zero-order valence-corrected chi connectivity index (χ0v) is 14.3. The molecule has 0 bridgehead atoms. The van der Waals surface area contributed by atoms with Gasteiger partial charge in [-0.25, -0.2) is 0 Å². The molecular weight excluding hydrogens is 305 g/mol. The number of para-hydroxylation sites is 1. The quantitative estimate of drug-likeness (QED) is 0.575. The van der Waals surface area contributed by atoms with Crippen LogP contribution in [0.15, 0.2) is 22.6 Å². The molecule has 2 atom stereocenters. The second-order valence-electron chi connectivity index (χ2n) is 5.97. The van der Waals surface area contributed by atoms with Crippen LogP contribution in [0.25, 0.3) is 11.1 Å². The van der Waals surface area contributed by atoms with E-state index in [1.165, 1.54) is 6.07 Å². The molecule has 0 unspecified atom stereocenters. The SMILES string of the molecule is CC(=O)N1C[C@H](C)N(c2nc3c(C(=O)[O-])cccc3o2)[C@@H](C)C1.[Li+]. The number of piperazine rings is 1. The van der Waals surface area contributed by atoms with E-state index in [4.69, 9.17) is 4.42 Å². The first-order valence-corrected chi connectivity index (χ1v) is 7.53. The first-order chi connectivity index (χ1) is 10.9. The summed E-state index contributed by atoms with van der Waals surface area (Å²) in [5.74, 6) is -1.24. The van der Waals surface area contributed by atoms with Crippen LogP contribution in [-0.2, 0) is 4.79 Å². The molecule has 0 N–H and O–H groups in total. The third-order valence-electron chi connectivity index (χ3n) is 4.21. The summed E-state index contributed by atoms with van der Waals surface area (Å²) in [6, 6.07) is 5.13. The maximum atomic E-state index is 11.6. The second-order valence-corrected chi connectivity index (χ2v) is 5.97. The van der Waals surface area contributed by atoms with Crippen LogP contribution in [0.4, 0.5) is 6.01 Å². The summed E-state index contributed by atoms with van der Waals surface area (Å²) in [6.07, 6.45) is 0. The molecule has 2 aromatic rings. The van der Waals surface area contributed by atoms with E-state index in [0.29, 0.717) is 24.7 Å². The monoisotopic (exact) mass is 323 g/mol. The number of carboxylic acid groups (broad SMARTS) is 1. The molecule has 3 rings (SSSR count). The Kier molecular flexibility index (Phi) is 5.26. The maximum Gasteiger partial charge on any atom is 1.00 e. The van der Waals surface area contributed by atoms with Crippen molar-refractivity contribution in [3.8, 4) is 0 Å². The fraction of sp³-hybridized carbons (Fsp3) is 0.438. The number of hydrogen-bond donors (Lipinski definition) is 0. The van der Waals surface area contributed by atoms with Crippen molar-refractivity contribution in [3.63, 3.8) is 0 Å². The van der Waals surface area contributed by atoms with Crippen LogP contribution in [0.1, 0.15) is 31.1 Å². The van der Waals surface area contributed by atoms with E-state index in [2.05, 4.69) is 4.98 Å². The van der Waals surface area contributed by atoms with Crippen LogP contribution in [0.2, 0.25) is 0 Å². The summed E-state index contributed by atoms with van der Waals surface area (Å²) in [5, 5.41) is 11.2. The molecule has 1 aliphatic rings. The van der Waals surface area contributed by atoms with Crippen molar-refractivity contribution in [3.05, 3.63) is 23.8 Å². The smallest absolute Gasteiger partial charge is 0.545 e. The molecule has 1 aromatic carbocycles. The van der Waals surface area contributed by atoms with Gasteiger partial charge in [-0.15, -0.1) is 0 Å². The van der Waals surface area contributed by atoms with Gasteiger partial charge in [0.25, 0.3) is 6.01 Å². The predicted molar refractivity (Wildman–Crippen MR) is 82.0 cm³/mol. The van der Waals surface area contributed by atoms with Gasteiger partial charge < -0.3 is 24.1 Å². The number of aromatic carboxylic acids is 1. The number of hydrogen-bond acceptors (Lipinski definition) is 6. The molecule has 1 aliphatic heterocycles. The van der Waals surface area contributed by atoms with Crippen LogP contribution >= 0.6 is 0 Å². The minimum absolute atomic E-state index is 0. The van der Waals surface area contributed by atoms with Gasteiger partial charge in [-0.2, -0.15) is 4.98 Å². The Morgan fingerprint density at radius 1 is 1.25 bits per heavy atom. The van der Waals surface area contributed by atoms with Gasteiger partial charge in [0, 0.05) is 37.7 Å².